The van der Waals surface area contributed by atoms with E-state index < -0.39 is 13.3 Å². The molecule has 7 rings (SSSR count). The Hall–Kier alpha value is -3.90. The summed E-state index contributed by atoms with van der Waals surface area (Å²) in [5.41, 5.74) is 6.73. The van der Waals surface area contributed by atoms with Crippen LogP contribution < -0.4 is 4.40 Å². The third-order valence-electron chi connectivity index (χ3n) is 7.01. The second-order valence-electron chi connectivity index (χ2n) is 10.4. The summed E-state index contributed by atoms with van der Waals surface area (Å²) in [5, 5.41) is 3.35. The first-order chi connectivity index (χ1) is 17.5. The standard InChI is InChI=1S/C31H25GeN3O/c1-32(2,3)20-16-17-22-23-13-9-14-25(30(23)36-28(22)18-20)31-34-27-19-33-26-15-8-7-12-24(26)29(27)35(31)21-10-5-4-6-11-21/h4-19H,1-3H3. The van der Waals surface area contributed by atoms with Gasteiger partial charge in [0.15, 0.2) is 0 Å². The number of nitrogens with zero attached hydrogens (tertiary/aromatic N) is 3. The molecular formula is C31H25GeN3O. The van der Waals surface area contributed by atoms with Crippen LogP contribution in [0.5, 0.6) is 0 Å². The number of hydrogen-bond donors (Lipinski definition) is 0. The number of benzene rings is 4. The fourth-order valence-electron chi connectivity index (χ4n) is 5.15. The fraction of sp³-hybridized carbons (Fsp3) is 0.0968. The number of rotatable bonds is 3. The van der Waals surface area contributed by atoms with Crippen molar-refractivity contribution in [1.82, 2.24) is 14.5 Å². The van der Waals surface area contributed by atoms with Crippen LogP contribution in [0.3, 0.4) is 0 Å². The average Bonchev–Trinajstić information content (AvgIpc) is 3.47. The zero-order valence-electron chi connectivity index (χ0n) is 20.5. The molecule has 0 unspecified atom stereocenters. The first-order valence-corrected chi connectivity index (χ1v) is 19.6. The van der Waals surface area contributed by atoms with E-state index in [1.807, 2.05) is 24.4 Å². The van der Waals surface area contributed by atoms with Crippen molar-refractivity contribution >= 4 is 61.5 Å². The summed E-state index contributed by atoms with van der Waals surface area (Å²) < 4.78 is 10.3. The Labute approximate surface area is 211 Å². The van der Waals surface area contributed by atoms with Crippen LogP contribution in [0.15, 0.2) is 102 Å². The van der Waals surface area contributed by atoms with Crippen molar-refractivity contribution in [3.63, 3.8) is 0 Å². The monoisotopic (exact) mass is 529 g/mol. The molecule has 3 aromatic heterocycles. The van der Waals surface area contributed by atoms with Gasteiger partial charge in [0.25, 0.3) is 0 Å². The molecule has 0 bridgehead atoms. The number of imidazole rings is 1. The van der Waals surface area contributed by atoms with Crippen LogP contribution in [-0.4, -0.2) is 27.8 Å². The van der Waals surface area contributed by atoms with Crippen molar-refractivity contribution in [1.29, 1.82) is 0 Å². The van der Waals surface area contributed by atoms with E-state index in [4.69, 9.17) is 9.40 Å². The van der Waals surface area contributed by atoms with E-state index in [1.165, 1.54) is 4.40 Å². The van der Waals surface area contributed by atoms with Crippen molar-refractivity contribution < 1.29 is 4.42 Å². The van der Waals surface area contributed by atoms with Crippen LogP contribution in [0.25, 0.3) is 61.0 Å². The summed E-state index contributed by atoms with van der Waals surface area (Å²) in [6, 6.07) is 31.8. The van der Waals surface area contributed by atoms with E-state index in [9.17, 15) is 0 Å². The van der Waals surface area contributed by atoms with Gasteiger partial charge < -0.3 is 0 Å². The maximum absolute atomic E-state index is 6.61. The first-order valence-electron chi connectivity index (χ1n) is 12.3. The Balaban J connectivity index is 1.59. The van der Waals surface area contributed by atoms with Crippen LogP contribution in [0.4, 0.5) is 0 Å². The van der Waals surface area contributed by atoms with Crippen molar-refractivity contribution in [3.8, 4) is 17.1 Å². The Morgan fingerprint density at radius 3 is 2.33 bits per heavy atom. The predicted molar refractivity (Wildman–Crippen MR) is 152 cm³/mol. The Morgan fingerprint density at radius 2 is 1.50 bits per heavy atom. The van der Waals surface area contributed by atoms with Gasteiger partial charge in [0.1, 0.15) is 0 Å². The third-order valence-corrected chi connectivity index (χ3v) is 11.3. The molecule has 7 aromatic rings. The summed E-state index contributed by atoms with van der Waals surface area (Å²) in [6.07, 6.45) is 1.88. The fourth-order valence-corrected chi connectivity index (χ4v) is 7.56. The van der Waals surface area contributed by atoms with Crippen molar-refractivity contribution in [3.05, 3.63) is 97.2 Å². The summed E-state index contributed by atoms with van der Waals surface area (Å²) in [6.45, 7) is 0. The van der Waals surface area contributed by atoms with Gasteiger partial charge >= 0.3 is 206 Å². The van der Waals surface area contributed by atoms with Crippen LogP contribution in [0, 0.1) is 0 Å². The Kier molecular flexibility index (Phi) is 4.64. The molecular weight excluding hydrogens is 503 g/mol. The molecule has 0 atom stereocenters. The van der Waals surface area contributed by atoms with Gasteiger partial charge in [-0.25, -0.2) is 0 Å². The van der Waals surface area contributed by atoms with Gasteiger partial charge in [-0.3, -0.25) is 0 Å². The summed E-state index contributed by atoms with van der Waals surface area (Å²) in [5.74, 6) is 8.09. The molecule has 3 heterocycles. The Bertz CT molecular complexity index is 1930. The average molecular weight is 528 g/mol. The number of aromatic nitrogens is 3. The molecule has 0 aliphatic heterocycles. The molecule has 4 nitrogen and oxygen atoms in total. The van der Waals surface area contributed by atoms with E-state index in [1.54, 1.807) is 0 Å². The zero-order valence-corrected chi connectivity index (χ0v) is 22.6. The number of furan rings is 1. The third kappa shape index (κ3) is 3.21. The molecule has 4 aromatic carbocycles. The second-order valence-corrected chi connectivity index (χ2v) is 21.0. The number of hydrogen-bond acceptors (Lipinski definition) is 3. The second kappa shape index (κ2) is 7.80. The molecule has 0 N–H and O–H groups in total. The SMILES string of the molecule is [CH3][Ge]([CH3])([CH3])[c]1ccc2c(c1)oc1c(-c3nc4cnc5ccccc5c4n3-c3ccccc3)cccc12. The zero-order chi connectivity index (χ0) is 24.4. The van der Waals surface area contributed by atoms with Crippen molar-refractivity contribution in [2.45, 2.75) is 17.3 Å². The minimum atomic E-state index is -1.99. The molecule has 5 heteroatoms. The van der Waals surface area contributed by atoms with E-state index >= 15 is 0 Å². The van der Waals surface area contributed by atoms with Gasteiger partial charge in [-0.05, 0) is 0 Å². The van der Waals surface area contributed by atoms with Crippen LogP contribution in [-0.2, 0) is 0 Å². The predicted octanol–water partition coefficient (Wildman–Crippen LogP) is 7.69. The molecule has 36 heavy (non-hydrogen) atoms. The normalized spacial score (nSPS) is 12.3. The van der Waals surface area contributed by atoms with Crippen molar-refractivity contribution in [2.24, 2.45) is 0 Å². The molecule has 0 aliphatic rings. The quantitative estimate of drug-likeness (QED) is 0.221. The minimum absolute atomic E-state index is 0.854. The topological polar surface area (TPSA) is 43.9 Å². The number of pyridine rings is 1. The number of fused-ring (bicyclic) bond motifs is 6. The summed E-state index contributed by atoms with van der Waals surface area (Å²) in [7, 11) is 0. The van der Waals surface area contributed by atoms with E-state index in [2.05, 4.69) is 99.6 Å². The van der Waals surface area contributed by atoms with E-state index in [0.29, 0.717) is 0 Å². The van der Waals surface area contributed by atoms with Gasteiger partial charge in [0, 0.05) is 0 Å². The van der Waals surface area contributed by atoms with Crippen LogP contribution in [0.2, 0.25) is 17.3 Å². The molecule has 0 amide bonds. The molecule has 0 aliphatic carbocycles. The molecule has 0 spiro atoms. The van der Waals surface area contributed by atoms with Gasteiger partial charge in [-0.15, -0.1) is 0 Å². The summed E-state index contributed by atoms with van der Waals surface area (Å²) in [4.78, 5) is 9.82. The van der Waals surface area contributed by atoms with Gasteiger partial charge in [0.2, 0.25) is 0 Å². The van der Waals surface area contributed by atoms with Crippen LogP contribution in [0.1, 0.15) is 0 Å². The van der Waals surface area contributed by atoms with Gasteiger partial charge in [-0.2, -0.15) is 0 Å². The number of para-hydroxylation sites is 3. The Morgan fingerprint density at radius 1 is 0.722 bits per heavy atom. The summed E-state index contributed by atoms with van der Waals surface area (Å²) >= 11 is -1.99. The van der Waals surface area contributed by atoms with E-state index in [-0.39, 0.29) is 0 Å². The molecule has 0 saturated heterocycles. The van der Waals surface area contributed by atoms with Gasteiger partial charge in [0.05, 0.1) is 0 Å². The van der Waals surface area contributed by atoms with Crippen LogP contribution >= 0.6 is 0 Å². The molecule has 174 valence electrons. The maximum atomic E-state index is 6.61. The van der Waals surface area contributed by atoms with Crippen molar-refractivity contribution in [2.75, 3.05) is 0 Å². The first kappa shape index (κ1) is 21.4. The molecule has 0 radical (unpaired) electrons. The van der Waals surface area contributed by atoms with Gasteiger partial charge in [-0.1, -0.05) is 6.07 Å². The van der Waals surface area contributed by atoms with E-state index in [0.717, 1.165) is 61.0 Å². The molecule has 0 fully saturated rings. The molecule has 0 saturated carbocycles.